The van der Waals surface area contributed by atoms with Crippen LogP contribution in [0.15, 0.2) is 12.1 Å². The number of rotatable bonds is 4. The van der Waals surface area contributed by atoms with Gasteiger partial charge in [-0.15, -0.1) is 0 Å². The lowest BCUT2D eigenvalue weighted by Crippen LogP contribution is -2.34. The van der Waals surface area contributed by atoms with Crippen LogP contribution in [0.4, 0.5) is 71.4 Å². The normalized spacial score (nSPS) is 8.26. The fraction of sp³-hybridized carbons (Fsp3) is 0. The SMILES string of the molecule is Nc1nc(N)[nH+]c(N)n1.Nc1nc(N)[nH+]c(N)n1.Nc1nc(N)[nH+]c(N)n1.Nc1nc(N)[nH+]c(N)n1.O.O.O.O.O.O.O.O.O=C([O-])c1cc(C(=O)[O-])c(C(=O)[O-])cc1C(=O)[O-]. The fourth-order valence-electron chi connectivity index (χ4n) is 3.11. The van der Waals surface area contributed by atoms with Crippen molar-refractivity contribution < 1.29 is 103 Å². The zero-order chi connectivity index (χ0) is 41.4. The molecule has 0 radical (unpaired) electrons. The highest BCUT2D eigenvalue weighted by atomic mass is 16.4. The first-order valence-corrected chi connectivity index (χ1v) is 13.3. The van der Waals surface area contributed by atoms with Gasteiger partial charge in [-0.1, -0.05) is 39.9 Å². The number of H-pyrrole nitrogens is 4. The van der Waals surface area contributed by atoms with Crippen molar-refractivity contribution in [3.05, 3.63) is 34.4 Å². The largest absolute Gasteiger partial charge is 0.545 e. The number of hydrogen-bond acceptors (Lipinski definition) is 28. The Balaban J connectivity index is -0.0000000980. The molecule has 44 N–H and O–H groups in total. The van der Waals surface area contributed by atoms with Crippen molar-refractivity contribution in [1.29, 1.82) is 0 Å². The number of carboxylic acid groups (broad SMARTS) is 4. The summed E-state index contributed by atoms with van der Waals surface area (Å²) in [7, 11) is 0. The maximum absolute atomic E-state index is 10.6. The van der Waals surface area contributed by atoms with E-state index in [9.17, 15) is 39.6 Å². The van der Waals surface area contributed by atoms with Gasteiger partial charge in [0.15, 0.2) is 0 Å². The highest BCUT2D eigenvalue weighted by Crippen LogP contribution is 2.16. The van der Waals surface area contributed by atoms with Crippen LogP contribution in [-0.4, -0.2) is 108 Å². The number of nitrogens with two attached hydrogens (primary N) is 12. The summed E-state index contributed by atoms with van der Waals surface area (Å²) in [5.74, 6) is -6.37. The number of nitrogen functional groups attached to an aromatic ring is 12. The van der Waals surface area contributed by atoms with Crippen molar-refractivity contribution in [3.8, 4) is 0 Å². The van der Waals surface area contributed by atoms with Gasteiger partial charge in [-0.05, 0) is 12.1 Å². The van der Waals surface area contributed by atoms with Crippen molar-refractivity contribution in [2.45, 2.75) is 0 Å². The van der Waals surface area contributed by atoms with Crippen LogP contribution in [-0.2, 0) is 0 Å². The molecule has 5 aromatic rings. The van der Waals surface area contributed by atoms with Gasteiger partial charge in [0.2, 0.25) is 0 Å². The van der Waals surface area contributed by atoms with Crippen LogP contribution < -0.4 is 109 Å². The highest BCUT2D eigenvalue weighted by Gasteiger charge is 2.13. The van der Waals surface area contributed by atoms with Gasteiger partial charge in [-0.2, -0.15) is 0 Å². The van der Waals surface area contributed by atoms with Gasteiger partial charge in [0.25, 0.3) is 0 Å². The molecule has 0 amide bonds. The first-order chi connectivity index (χ1) is 25.0. The summed E-state index contributed by atoms with van der Waals surface area (Å²) in [6.45, 7) is 0. The lowest BCUT2D eigenvalue weighted by atomic mass is 9.98. The minimum atomic E-state index is -2.00. The van der Waals surface area contributed by atoms with E-state index in [-0.39, 0.29) is 115 Å². The van der Waals surface area contributed by atoms with E-state index in [1.807, 2.05) is 0 Å². The first-order valence-electron chi connectivity index (χ1n) is 13.3. The molecule has 40 heteroatoms. The molecular weight excluding hydrogens is 856 g/mol. The van der Waals surface area contributed by atoms with E-state index in [2.05, 4.69) is 59.8 Å². The number of carboxylic acids is 4. The second-order valence-electron chi connectivity index (χ2n) is 9.00. The number of nitrogens with zero attached hydrogens (tertiary/aromatic N) is 8. The molecule has 0 bridgehead atoms. The number of carbonyl (C=O) groups is 4. The Hall–Kier alpha value is -9.58. The summed E-state index contributed by atoms with van der Waals surface area (Å²) in [6, 6.07) is 0.613. The van der Waals surface area contributed by atoms with E-state index >= 15 is 0 Å². The number of aromatic amines is 4. The lowest BCUT2D eigenvalue weighted by Gasteiger charge is -2.18. The smallest absolute Gasteiger partial charge is 0.320 e. The van der Waals surface area contributed by atoms with Crippen LogP contribution in [0.3, 0.4) is 0 Å². The molecule has 0 spiro atoms. The Bertz CT molecular complexity index is 1670. The van der Waals surface area contributed by atoms with E-state index in [1.165, 1.54) is 0 Å². The highest BCUT2D eigenvalue weighted by molar-refractivity contribution is 6.07. The summed E-state index contributed by atoms with van der Waals surface area (Å²) in [5, 5.41) is 42.4. The minimum Gasteiger partial charge on any atom is -0.545 e. The Labute approximate surface area is 342 Å². The molecule has 0 aliphatic rings. The maximum Gasteiger partial charge on any atom is 0.320 e. The van der Waals surface area contributed by atoms with E-state index < -0.39 is 46.1 Å². The predicted octanol–water partition coefficient (Wildman–Crippen LogP) is -19.3. The molecule has 62 heavy (non-hydrogen) atoms. The number of anilines is 12. The van der Waals surface area contributed by atoms with Gasteiger partial charge in [-0.3, -0.25) is 0 Å². The molecule has 0 saturated heterocycles. The van der Waals surface area contributed by atoms with Gasteiger partial charge in [0, 0.05) is 22.3 Å². The van der Waals surface area contributed by atoms with Crippen LogP contribution in [0.25, 0.3) is 0 Å². The van der Waals surface area contributed by atoms with E-state index in [4.69, 9.17) is 68.8 Å². The number of nitrogens with one attached hydrogen (secondary N) is 4. The third-order valence-electron chi connectivity index (χ3n) is 4.94. The Morgan fingerprint density at radius 2 is 0.419 bits per heavy atom. The van der Waals surface area contributed by atoms with Gasteiger partial charge in [-0.25, -0.2) is 19.9 Å². The summed E-state index contributed by atoms with van der Waals surface area (Å²) in [4.78, 5) is 80.6. The number of aromatic carboxylic acids is 4. The van der Waals surface area contributed by atoms with Crippen LogP contribution in [0.2, 0.25) is 0 Å². The third-order valence-corrected chi connectivity index (χ3v) is 4.94. The lowest BCUT2D eigenvalue weighted by molar-refractivity contribution is -0.351. The van der Waals surface area contributed by atoms with Crippen LogP contribution in [0, 0.1) is 0 Å². The van der Waals surface area contributed by atoms with Crippen molar-refractivity contribution in [1.82, 2.24) is 39.9 Å². The van der Waals surface area contributed by atoms with E-state index in [1.54, 1.807) is 0 Å². The topological polar surface area (TPSA) is 884 Å². The standard InChI is InChI=1S/C10H6O8.4C3H6N6.8H2O/c11-7(12)3-1-4(8(13)14)6(10(17)18)2-5(3)9(15)16;4*4-1-7-2(5)9-3(6)8-1;;;;;;;;/h1-2H,(H,11,12)(H,13,14)(H,15,16)(H,17,18);4*(H6,4,5,6,7,8,9);8*1H2. The molecule has 0 aliphatic carbocycles. The van der Waals surface area contributed by atoms with Gasteiger partial charge in [0.1, 0.15) is 0 Å². The zero-order valence-electron chi connectivity index (χ0n) is 30.9. The molecule has 1 aromatic carbocycles. The van der Waals surface area contributed by atoms with E-state index in [0.717, 1.165) is 0 Å². The quantitative estimate of drug-likeness (QED) is 0.0796. The van der Waals surface area contributed by atoms with Crippen molar-refractivity contribution in [2.75, 3.05) is 68.8 Å². The van der Waals surface area contributed by atoms with Crippen molar-refractivity contribution in [2.24, 2.45) is 0 Å². The van der Waals surface area contributed by atoms with Crippen molar-refractivity contribution >= 4 is 95.3 Å². The summed E-state index contributed by atoms with van der Waals surface area (Å²) in [5.41, 5.74) is 58.1. The van der Waals surface area contributed by atoms with Crippen LogP contribution in [0.5, 0.6) is 0 Å². The molecule has 40 nitrogen and oxygen atoms in total. The molecule has 0 fully saturated rings. The number of aromatic nitrogens is 12. The zero-order valence-corrected chi connectivity index (χ0v) is 30.9. The molecule has 0 atom stereocenters. The fourth-order valence-corrected chi connectivity index (χ4v) is 3.11. The monoisotopic (exact) mass is 902 g/mol. The summed E-state index contributed by atoms with van der Waals surface area (Å²) >= 11 is 0. The molecule has 350 valence electrons. The molecule has 4 heterocycles. The first kappa shape index (κ1) is 70.2. The summed E-state index contributed by atoms with van der Waals surface area (Å²) < 4.78 is 0. The molecule has 4 aromatic heterocycles. The minimum absolute atomic E-state index is 0. The Kier molecular flexibility index (Phi) is 35.7. The number of benzene rings is 1. The molecule has 0 unspecified atom stereocenters. The molecule has 0 aliphatic heterocycles. The second-order valence-corrected chi connectivity index (χ2v) is 9.00. The second kappa shape index (κ2) is 31.5. The Morgan fingerprint density at radius 1 is 0.306 bits per heavy atom. The van der Waals surface area contributed by atoms with E-state index in [0.29, 0.717) is 12.1 Å². The number of hydrogen-bond donors (Lipinski definition) is 12. The van der Waals surface area contributed by atoms with Crippen LogP contribution in [0.1, 0.15) is 41.4 Å². The average molecular weight is 903 g/mol. The molecule has 0 saturated carbocycles. The maximum atomic E-state index is 10.6. The average Bonchev–Trinajstić information content (AvgIpc) is 2.98. The van der Waals surface area contributed by atoms with Gasteiger partial charge < -0.3 is 152 Å². The molecular formula is C22H46N24O16. The number of carbonyl (C=O) groups excluding carboxylic acids is 4. The summed E-state index contributed by atoms with van der Waals surface area (Å²) in [6.07, 6.45) is 0. The van der Waals surface area contributed by atoms with Gasteiger partial charge in [0.05, 0.1) is 23.9 Å². The predicted molar refractivity (Wildman–Crippen MR) is 200 cm³/mol. The third kappa shape index (κ3) is 24.8. The van der Waals surface area contributed by atoms with Gasteiger partial charge >= 0.3 is 71.4 Å². The molecule has 5 rings (SSSR count). The van der Waals surface area contributed by atoms with Crippen LogP contribution >= 0.6 is 0 Å². The van der Waals surface area contributed by atoms with Crippen molar-refractivity contribution in [3.63, 3.8) is 0 Å². The Morgan fingerprint density at radius 3 is 0.500 bits per heavy atom.